The van der Waals surface area contributed by atoms with E-state index in [1.807, 2.05) is 0 Å². The van der Waals surface area contributed by atoms with Gasteiger partial charge in [-0.15, -0.1) is 0 Å². The summed E-state index contributed by atoms with van der Waals surface area (Å²) >= 11 is 0. The first-order valence-electron chi connectivity index (χ1n) is 5.60. The predicted molar refractivity (Wildman–Crippen MR) is 58.4 cm³/mol. The highest BCUT2D eigenvalue weighted by molar-refractivity contribution is 5.88. The zero-order valence-corrected chi connectivity index (χ0v) is 10.0. The summed E-state index contributed by atoms with van der Waals surface area (Å²) in [6.07, 6.45) is -2.44. The van der Waals surface area contributed by atoms with Crippen LogP contribution in [0.4, 0.5) is 13.2 Å². The predicted octanol–water partition coefficient (Wildman–Crippen LogP) is 1.81. The maximum Gasteiger partial charge on any atom is 0.414 e. The second-order valence-electron chi connectivity index (χ2n) is 4.65. The van der Waals surface area contributed by atoms with Crippen molar-refractivity contribution in [3.8, 4) is 6.07 Å². The number of nitrogens with zero attached hydrogens (tertiary/aromatic N) is 1. The van der Waals surface area contributed by atoms with E-state index in [1.165, 1.54) is 6.08 Å². The lowest BCUT2D eigenvalue weighted by molar-refractivity contribution is -0.125. The third-order valence-corrected chi connectivity index (χ3v) is 3.06. The number of ether oxygens (including phenoxy) is 1. The van der Waals surface area contributed by atoms with Gasteiger partial charge in [-0.05, 0) is 19.4 Å². The van der Waals surface area contributed by atoms with Gasteiger partial charge in [-0.2, -0.15) is 18.4 Å². The molecule has 0 aromatic carbocycles. The summed E-state index contributed by atoms with van der Waals surface area (Å²) < 4.78 is 43.2. The Kier molecular flexibility index (Phi) is 3.14. The molecule has 1 saturated heterocycles. The molecule has 2 unspecified atom stereocenters. The molecule has 1 N–H and O–H groups in total. The van der Waals surface area contributed by atoms with Crippen molar-refractivity contribution in [1.82, 2.24) is 5.32 Å². The van der Waals surface area contributed by atoms with Gasteiger partial charge >= 0.3 is 6.18 Å². The maximum atomic E-state index is 12.8. The zero-order valence-electron chi connectivity index (χ0n) is 10.0. The number of alkyl halides is 3. The van der Waals surface area contributed by atoms with E-state index in [0.29, 0.717) is 0 Å². The molecule has 102 valence electrons. The highest BCUT2D eigenvalue weighted by Crippen LogP contribution is 2.36. The minimum atomic E-state index is -4.58. The average Bonchev–Trinajstić information content (AvgIpc) is 3.07. The molecule has 2 atom stereocenters. The van der Waals surface area contributed by atoms with Crippen LogP contribution < -0.4 is 5.32 Å². The van der Waals surface area contributed by atoms with Crippen molar-refractivity contribution in [3.63, 3.8) is 0 Å². The Bertz CT molecular complexity index is 510. The topological polar surface area (TPSA) is 65.4 Å². The average molecular weight is 272 g/mol. The van der Waals surface area contributed by atoms with Gasteiger partial charge in [-0.1, -0.05) is 6.08 Å². The number of halogens is 3. The molecule has 1 fully saturated rings. The SMILES string of the molecule is CC1(C(=O)NC2=CCC(C#N)C(C(F)(F)F)=C2)CO1. The smallest absolute Gasteiger partial charge is 0.359 e. The van der Waals surface area contributed by atoms with Crippen LogP contribution in [0.25, 0.3) is 0 Å². The van der Waals surface area contributed by atoms with E-state index >= 15 is 0 Å². The molecule has 2 rings (SSSR count). The minimum absolute atomic E-state index is 0.0561. The van der Waals surface area contributed by atoms with E-state index in [4.69, 9.17) is 10.00 Å². The number of carbonyl (C=O) groups is 1. The number of epoxide rings is 1. The summed E-state index contributed by atoms with van der Waals surface area (Å²) in [7, 11) is 0. The normalized spacial score (nSPS) is 29.9. The fraction of sp³-hybridized carbons (Fsp3) is 0.500. The van der Waals surface area contributed by atoms with Gasteiger partial charge in [-0.3, -0.25) is 4.79 Å². The Morgan fingerprint density at radius 2 is 2.26 bits per heavy atom. The first kappa shape index (κ1) is 13.6. The molecule has 0 aromatic rings. The van der Waals surface area contributed by atoms with Crippen LogP contribution in [0.3, 0.4) is 0 Å². The molecule has 0 saturated carbocycles. The number of carbonyl (C=O) groups excluding carboxylic acids is 1. The summed E-state index contributed by atoms with van der Waals surface area (Å²) in [5, 5.41) is 11.1. The first-order valence-corrected chi connectivity index (χ1v) is 5.60. The monoisotopic (exact) mass is 272 g/mol. The quantitative estimate of drug-likeness (QED) is 0.780. The lowest BCUT2D eigenvalue weighted by atomic mass is 9.91. The van der Waals surface area contributed by atoms with E-state index < -0.39 is 29.2 Å². The molecule has 7 heteroatoms. The Hall–Kier alpha value is -1.81. The standard InChI is InChI=1S/C12H11F3N2O2/c1-11(6-19-11)10(18)17-8-3-2-7(5-16)9(4-8)12(13,14)15/h3-4,7H,2,6H2,1H3,(H,17,18). The van der Waals surface area contributed by atoms with Gasteiger partial charge in [0, 0.05) is 5.70 Å². The second kappa shape index (κ2) is 4.38. The number of allylic oxidation sites excluding steroid dienone is 3. The van der Waals surface area contributed by atoms with Crippen molar-refractivity contribution < 1.29 is 22.7 Å². The van der Waals surface area contributed by atoms with E-state index in [9.17, 15) is 18.0 Å². The third kappa shape index (κ3) is 2.79. The number of nitriles is 1. The Labute approximate surface area is 107 Å². The lowest BCUT2D eigenvalue weighted by Crippen LogP contribution is -2.35. The molecule has 0 bridgehead atoms. The number of rotatable bonds is 2. The molecule has 0 aromatic heterocycles. The van der Waals surface area contributed by atoms with Gasteiger partial charge in [0.25, 0.3) is 5.91 Å². The minimum Gasteiger partial charge on any atom is -0.359 e. The molecule has 1 amide bonds. The van der Waals surface area contributed by atoms with E-state index in [2.05, 4.69) is 5.32 Å². The van der Waals surface area contributed by atoms with Crippen LogP contribution in [-0.4, -0.2) is 24.3 Å². The van der Waals surface area contributed by atoms with E-state index in [1.54, 1.807) is 13.0 Å². The highest BCUT2D eigenvalue weighted by Gasteiger charge is 2.48. The van der Waals surface area contributed by atoms with Crippen LogP contribution in [0.1, 0.15) is 13.3 Å². The first-order chi connectivity index (χ1) is 8.76. The van der Waals surface area contributed by atoms with Crippen LogP contribution in [0.5, 0.6) is 0 Å². The number of hydrogen-bond acceptors (Lipinski definition) is 3. The van der Waals surface area contributed by atoms with Gasteiger partial charge in [0.05, 0.1) is 24.2 Å². The van der Waals surface area contributed by atoms with Crippen LogP contribution in [0.15, 0.2) is 23.4 Å². The van der Waals surface area contributed by atoms with Crippen molar-refractivity contribution in [3.05, 3.63) is 23.4 Å². The number of nitrogens with one attached hydrogen (secondary N) is 1. The molecule has 1 heterocycles. The van der Waals surface area contributed by atoms with Crippen LogP contribution in [0.2, 0.25) is 0 Å². The molecule has 1 aliphatic carbocycles. The van der Waals surface area contributed by atoms with E-state index in [-0.39, 0.29) is 18.7 Å². The number of amides is 1. The largest absolute Gasteiger partial charge is 0.414 e. The van der Waals surface area contributed by atoms with Gasteiger partial charge < -0.3 is 10.1 Å². The fourth-order valence-corrected chi connectivity index (χ4v) is 1.69. The lowest BCUT2D eigenvalue weighted by Gasteiger charge is -2.21. The van der Waals surface area contributed by atoms with Crippen molar-refractivity contribution >= 4 is 5.91 Å². The number of hydrogen-bond donors (Lipinski definition) is 1. The van der Waals surface area contributed by atoms with Crippen molar-refractivity contribution in [2.24, 2.45) is 5.92 Å². The molecule has 2 aliphatic rings. The molecule has 4 nitrogen and oxygen atoms in total. The van der Waals surface area contributed by atoms with Gasteiger partial charge in [0.15, 0.2) is 5.60 Å². The van der Waals surface area contributed by atoms with Crippen molar-refractivity contribution in [2.75, 3.05) is 6.61 Å². The molecular weight excluding hydrogens is 261 g/mol. The Morgan fingerprint density at radius 3 is 2.74 bits per heavy atom. The van der Waals surface area contributed by atoms with E-state index in [0.717, 1.165) is 6.08 Å². The molecule has 1 aliphatic heterocycles. The summed E-state index contributed by atoms with van der Waals surface area (Å²) in [5.74, 6) is -1.71. The van der Waals surface area contributed by atoms with Crippen LogP contribution in [0, 0.1) is 17.2 Å². The van der Waals surface area contributed by atoms with Crippen LogP contribution >= 0.6 is 0 Å². The molecule has 19 heavy (non-hydrogen) atoms. The molecular formula is C12H11F3N2O2. The van der Waals surface area contributed by atoms with Crippen molar-refractivity contribution in [1.29, 1.82) is 5.26 Å². The second-order valence-corrected chi connectivity index (χ2v) is 4.65. The summed E-state index contributed by atoms with van der Waals surface area (Å²) in [6, 6.07) is 1.61. The van der Waals surface area contributed by atoms with Gasteiger partial charge in [-0.25, -0.2) is 0 Å². The van der Waals surface area contributed by atoms with Gasteiger partial charge in [0.2, 0.25) is 0 Å². The Morgan fingerprint density at radius 1 is 1.63 bits per heavy atom. The summed E-state index contributed by atoms with van der Waals surface area (Å²) in [4.78, 5) is 11.7. The summed E-state index contributed by atoms with van der Waals surface area (Å²) in [6.45, 7) is 1.81. The summed E-state index contributed by atoms with van der Waals surface area (Å²) in [5.41, 5.74) is -1.82. The Balaban J connectivity index is 2.16. The molecule has 0 radical (unpaired) electrons. The zero-order chi connectivity index (χ0) is 14.3. The van der Waals surface area contributed by atoms with Crippen LogP contribution in [-0.2, 0) is 9.53 Å². The highest BCUT2D eigenvalue weighted by atomic mass is 19.4. The van der Waals surface area contributed by atoms with Gasteiger partial charge in [0.1, 0.15) is 0 Å². The maximum absolute atomic E-state index is 12.8. The molecule has 0 spiro atoms. The fourth-order valence-electron chi connectivity index (χ4n) is 1.69. The van der Waals surface area contributed by atoms with Crippen molar-refractivity contribution in [2.45, 2.75) is 25.1 Å². The third-order valence-electron chi connectivity index (χ3n) is 3.06.